The minimum absolute atomic E-state index is 0.0463. The largest absolute Gasteiger partial charge is 0.310 e. The van der Waals surface area contributed by atoms with Crippen LogP contribution in [0.25, 0.3) is 11.1 Å². The van der Waals surface area contributed by atoms with Crippen molar-refractivity contribution in [1.29, 1.82) is 5.26 Å². The lowest BCUT2D eigenvalue weighted by Gasteiger charge is -2.19. The van der Waals surface area contributed by atoms with E-state index in [1.54, 1.807) is 23.4 Å². The number of hydrogen-bond acceptors (Lipinski definition) is 3. The smallest absolute Gasteiger partial charge is 0.231 e. The molecule has 1 aliphatic rings. The summed E-state index contributed by atoms with van der Waals surface area (Å²) < 4.78 is 0. The van der Waals surface area contributed by atoms with Gasteiger partial charge in [0.2, 0.25) is 5.91 Å². The highest BCUT2D eigenvalue weighted by Crippen LogP contribution is 2.36. The number of carbonyl (C=O) groups is 1. The molecule has 0 radical (unpaired) electrons. The number of fused-ring (bicyclic) bond motifs is 1. The van der Waals surface area contributed by atoms with Gasteiger partial charge in [0.15, 0.2) is 0 Å². The fourth-order valence-corrected chi connectivity index (χ4v) is 3.70. The first kappa shape index (κ1) is 17.3. The van der Waals surface area contributed by atoms with Gasteiger partial charge in [-0.15, -0.1) is 0 Å². The van der Waals surface area contributed by atoms with Crippen LogP contribution in [-0.2, 0) is 17.6 Å². The van der Waals surface area contributed by atoms with Gasteiger partial charge in [-0.05, 0) is 59.0 Å². The number of nitriles is 1. The zero-order chi connectivity index (χ0) is 18.8. The average Bonchev–Trinajstić information content (AvgIpc) is 3.14. The van der Waals surface area contributed by atoms with Crippen LogP contribution in [0.1, 0.15) is 16.7 Å². The van der Waals surface area contributed by atoms with Gasteiger partial charge in [-0.2, -0.15) is 5.26 Å². The lowest BCUT2D eigenvalue weighted by Crippen LogP contribution is -2.31. The monoisotopic (exact) mass is 373 g/mol. The molecular formula is C22H16ClN3O. The summed E-state index contributed by atoms with van der Waals surface area (Å²) in [4.78, 5) is 18.7. The fraction of sp³-hybridized carbons (Fsp3) is 0.136. The average molecular weight is 374 g/mol. The van der Waals surface area contributed by atoms with E-state index in [1.807, 2.05) is 36.4 Å². The summed E-state index contributed by atoms with van der Waals surface area (Å²) in [7, 11) is 0. The molecule has 0 saturated carbocycles. The predicted octanol–water partition coefficient (Wildman–Crippen LogP) is 4.41. The van der Waals surface area contributed by atoms with E-state index in [0.717, 1.165) is 34.4 Å². The molecule has 2 aromatic carbocycles. The molecule has 0 aliphatic carbocycles. The fourth-order valence-electron chi connectivity index (χ4n) is 3.49. The van der Waals surface area contributed by atoms with E-state index in [4.69, 9.17) is 11.6 Å². The van der Waals surface area contributed by atoms with Gasteiger partial charge >= 0.3 is 0 Å². The van der Waals surface area contributed by atoms with Gasteiger partial charge in [0.05, 0.1) is 17.7 Å². The van der Waals surface area contributed by atoms with Crippen molar-refractivity contribution in [1.82, 2.24) is 4.98 Å². The van der Waals surface area contributed by atoms with Gasteiger partial charge < -0.3 is 4.90 Å². The Bertz CT molecular complexity index is 1060. The second kappa shape index (κ2) is 7.22. The number of benzene rings is 2. The Morgan fingerprint density at radius 3 is 2.67 bits per heavy atom. The molecule has 27 heavy (non-hydrogen) atoms. The molecule has 0 spiro atoms. The van der Waals surface area contributed by atoms with E-state index in [9.17, 15) is 10.1 Å². The van der Waals surface area contributed by atoms with E-state index in [0.29, 0.717) is 17.1 Å². The quantitative estimate of drug-likeness (QED) is 0.683. The minimum Gasteiger partial charge on any atom is -0.310 e. The standard InChI is InChI=1S/C22H16ClN3O/c23-20-4-2-1-3-16(20)13-21(27)26-10-7-17-11-18(12-19(14-24)22(17)26)15-5-8-25-9-6-15/h1-6,8-9,11-12H,7,10,13H2. The lowest BCUT2D eigenvalue weighted by molar-refractivity contribution is -0.117. The molecule has 2 heterocycles. The SMILES string of the molecule is N#Cc1cc(-c2ccncc2)cc2c1N(C(=O)Cc1ccccc1Cl)CC2. The van der Waals surface area contributed by atoms with Gasteiger partial charge in [-0.3, -0.25) is 9.78 Å². The van der Waals surface area contributed by atoms with Crippen molar-refractivity contribution in [3.63, 3.8) is 0 Å². The van der Waals surface area contributed by atoms with Gasteiger partial charge in [-0.25, -0.2) is 0 Å². The zero-order valence-corrected chi connectivity index (χ0v) is 15.3. The Morgan fingerprint density at radius 2 is 1.93 bits per heavy atom. The summed E-state index contributed by atoms with van der Waals surface area (Å²) in [6.45, 7) is 0.576. The van der Waals surface area contributed by atoms with Crippen LogP contribution in [0.2, 0.25) is 5.02 Å². The van der Waals surface area contributed by atoms with E-state index in [1.165, 1.54) is 0 Å². The molecular weight excluding hydrogens is 358 g/mol. The Kier molecular flexibility index (Phi) is 4.62. The third-order valence-electron chi connectivity index (χ3n) is 4.80. The molecule has 132 valence electrons. The van der Waals surface area contributed by atoms with Crippen LogP contribution in [-0.4, -0.2) is 17.4 Å². The Labute approximate surface area is 162 Å². The normalized spacial score (nSPS) is 12.5. The maximum absolute atomic E-state index is 12.9. The lowest BCUT2D eigenvalue weighted by atomic mass is 9.98. The summed E-state index contributed by atoms with van der Waals surface area (Å²) in [6.07, 6.45) is 4.41. The Hall–Kier alpha value is -3.16. The minimum atomic E-state index is -0.0463. The number of aromatic nitrogens is 1. The van der Waals surface area contributed by atoms with Crippen molar-refractivity contribution in [2.75, 3.05) is 11.4 Å². The summed E-state index contributed by atoms with van der Waals surface area (Å²) in [5.74, 6) is -0.0463. The number of hydrogen-bond donors (Lipinski definition) is 0. The molecule has 0 atom stereocenters. The Balaban J connectivity index is 1.68. The topological polar surface area (TPSA) is 57.0 Å². The van der Waals surface area contributed by atoms with Gasteiger partial charge in [0.25, 0.3) is 0 Å². The molecule has 0 fully saturated rings. The molecule has 5 heteroatoms. The van der Waals surface area contributed by atoms with Crippen LogP contribution >= 0.6 is 11.6 Å². The molecule has 1 aromatic heterocycles. The highest BCUT2D eigenvalue weighted by Gasteiger charge is 2.28. The van der Waals surface area contributed by atoms with Gasteiger partial charge in [0, 0.05) is 24.0 Å². The maximum Gasteiger partial charge on any atom is 0.231 e. The van der Waals surface area contributed by atoms with Crippen molar-refractivity contribution in [3.8, 4) is 17.2 Å². The van der Waals surface area contributed by atoms with Crippen LogP contribution in [0.3, 0.4) is 0 Å². The molecule has 1 aliphatic heterocycles. The maximum atomic E-state index is 12.9. The van der Waals surface area contributed by atoms with Crippen LogP contribution in [0.15, 0.2) is 60.9 Å². The van der Waals surface area contributed by atoms with Crippen LogP contribution in [0, 0.1) is 11.3 Å². The number of rotatable bonds is 3. The third kappa shape index (κ3) is 3.30. The summed E-state index contributed by atoms with van der Waals surface area (Å²) in [5, 5.41) is 10.3. The zero-order valence-electron chi connectivity index (χ0n) is 14.5. The summed E-state index contributed by atoms with van der Waals surface area (Å²) in [5.41, 5.74) is 5.04. The van der Waals surface area contributed by atoms with Crippen molar-refractivity contribution in [2.45, 2.75) is 12.8 Å². The first-order chi connectivity index (χ1) is 13.2. The van der Waals surface area contributed by atoms with Crippen molar-refractivity contribution in [3.05, 3.63) is 82.6 Å². The second-order valence-electron chi connectivity index (χ2n) is 6.44. The molecule has 1 amide bonds. The molecule has 0 N–H and O–H groups in total. The summed E-state index contributed by atoms with van der Waals surface area (Å²) >= 11 is 6.19. The molecule has 4 rings (SSSR count). The highest BCUT2D eigenvalue weighted by molar-refractivity contribution is 6.31. The van der Waals surface area contributed by atoms with E-state index >= 15 is 0 Å². The molecule has 4 nitrogen and oxygen atoms in total. The summed E-state index contributed by atoms with van der Waals surface area (Å²) in [6, 6.07) is 17.3. The van der Waals surface area contributed by atoms with Crippen LogP contribution < -0.4 is 4.90 Å². The van der Waals surface area contributed by atoms with Crippen molar-refractivity contribution < 1.29 is 4.79 Å². The molecule has 0 bridgehead atoms. The third-order valence-corrected chi connectivity index (χ3v) is 5.17. The number of amides is 1. The van der Waals surface area contributed by atoms with Gasteiger partial charge in [0.1, 0.15) is 6.07 Å². The molecule has 0 unspecified atom stereocenters. The highest BCUT2D eigenvalue weighted by atomic mass is 35.5. The first-order valence-electron chi connectivity index (χ1n) is 8.68. The first-order valence-corrected chi connectivity index (χ1v) is 9.06. The molecule has 0 saturated heterocycles. The number of halogens is 1. The second-order valence-corrected chi connectivity index (χ2v) is 6.85. The number of carbonyl (C=O) groups excluding carboxylic acids is 1. The molecule has 3 aromatic rings. The van der Waals surface area contributed by atoms with Crippen LogP contribution in [0.5, 0.6) is 0 Å². The van der Waals surface area contributed by atoms with E-state index in [-0.39, 0.29) is 12.3 Å². The van der Waals surface area contributed by atoms with Gasteiger partial charge in [-0.1, -0.05) is 29.8 Å². The number of nitrogens with zero attached hydrogens (tertiary/aromatic N) is 3. The van der Waals surface area contributed by atoms with Crippen LogP contribution in [0.4, 0.5) is 5.69 Å². The van der Waals surface area contributed by atoms with E-state index in [2.05, 4.69) is 17.1 Å². The van der Waals surface area contributed by atoms with E-state index < -0.39 is 0 Å². The number of anilines is 1. The van der Waals surface area contributed by atoms with Crippen molar-refractivity contribution >= 4 is 23.2 Å². The predicted molar refractivity (Wildman–Crippen MR) is 106 cm³/mol. The van der Waals surface area contributed by atoms with Crippen molar-refractivity contribution in [2.24, 2.45) is 0 Å². The Morgan fingerprint density at radius 1 is 1.15 bits per heavy atom. The number of pyridine rings is 1.